The van der Waals surface area contributed by atoms with E-state index in [1.54, 1.807) is 24.3 Å². The first-order valence-electron chi connectivity index (χ1n) is 8.33. The van der Waals surface area contributed by atoms with Gasteiger partial charge in [-0.3, -0.25) is 9.59 Å². The number of aryl methyl sites for hydroxylation is 1. The zero-order valence-electron chi connectivity index (χ0n) is 15.1. The lowest BCUT2D eigenvalue weighted by molar-refractivity contribution is -0.119. The van der Waals surface area contributed by atoms with Gasteiger partial charge in [-0.1, -0.05) is 18.2 Å². The first-order chi connectivity index (χ1) is 13.8. The van der Waals surface area contributed by atoms with E-state index in [1.165, 1.54) is 31.3 Å². The van der Waals surface area contributed by atoms with Gasteiger partial charge in [0.05, 0.1) is 5.39 Å². The lowest BCUT2D eigenvalue weighted by atomic mass is 10.1. The van der Waals surface area contributed by atoms with Crippen molar-refractivity contribution >= 4 is 28.3 Å². The summed E-state index contributed by atoms with van der Waals surface area (Å²) in [5.74, 6) is -1.57. The van der Waals surface area contributed by atoms with Crippen LogP contribution in [0.25, 0.3) is 10.8 Å². The molecule has 0 spiro atoms. The number of halogens is 2. The molecular formula is C19H15F2N3O5. The Kier molecular flexibility index (Phi) is 5.82. The molecule has 0 atom stereocenters. The van der Waals surface area contributed by atoms with Crippen molar-refractivity contribution in [3.8, 4) is 5.75 Å². The maximum atomic E-state index is 12.4. The highest BCUT2D eigenvalue weighted by atomic mass is 19.3. The van der Waals surface area contributed by atoms with Crippen molar-refractivity contribution in [2.24, 2.45) is 7.05 Å². The summed E-state index contributed by atoms with van der Waals surface area (Å²) in [7, 11) is 1.40. The summed E-state index contributed by atoms with van der Waals surface area (Å²) in [5, 5.41) is 6.98. The van der Waals surface area contributed by atoms with Gasteiger partial charge in [0.2, 0.25) is 0 Å². The number of fused-ring (bicyclic) bond motifs is 1. The molecule has 3 rings (SSSR count). The van der Waals surface area contributed by atoms with Crippen LogP contribution in [0.15, 0.2) is 53.3 Å². The maximum absolute atomic E-state index is 12.4. The molecular weight excluding hydrogens is 388 g/mol. The molecule has 1 amide bonds. The molecule has 0 aliphatic carbocycles. The first kappa shape index (κ1) is 19.9. The van der Waals surface area contributed by atoms with Crippen LogP contribution >= 0.6 is 0 Å². The molecule has 1 aromatic heterocycles. The molecule has 2 aromatic carbocycles. The van der Waals surface area contributed by atoms with E-state index < -0.39 is 25.1 Å². The predicted octanol–water partition coefficient (Wildman–Crippen LogP) is 2.33. The van der Waals surface area contributed by atoms with Crippen LogP contribution in [0.5, 0.6) is 5.75 Å². The van der Waals surface area contributed by atoms with Gasteiger partial charge in [-0.15, -0.1) is 0 Å². The Bertz CT molecular complexity index is 1110. The number of carbonyl (C=O) groups excluding carboxylic acids is 2. The minimum atomic E-state index is -2.95. The molecule has 0 saturated carbocycles. The zero-order chi connectivity index (χ0) is 21.0. The fraction of sp³-hybridized carbons (Fsp3) is 0.158. The third kappa shape index (κ3) is 4.72. The number of carbonyl (C=O) groups is 2. The highest BCUT2D eigenvalue weighted by molar-refractivity contribution is 6.03. The molecule has 0 radical (unpaired) electrons. The van der Waals surface area contributed by atoms with Crippen LogP contribution in [0, 0.1) is 0 Å². The number of ether oxygens (including phenoxy) is 2. The van der Waals surface area contributed by atoms with Crippen molar-refractivity contribution in [3.05, 3.63) is 64.6 Å². The van der Waals surface area contributed by atoms with E-state index in [0.29, 0.717) is 16.5 Å². The first-order valence-corrected chi connectivity index (χ1v) is 8.33. The second-order valence-electron chi connectivity index (χ2n) is 5.85. The summed E-state index contributed by atoms with van der Waals surface area (Å²) in [6, 6.07) is 11.7. The predicted molar refractivity (Wildman–Crippen MR) is 99.0 cm³/mol. The van der Waals surface area contributed by atoms with Gasteiger partial charge < -0.3 is 14.8 Å². The highest BCUT2D eigenvalue weighted by Crippen LogP contribution is 2.18. The highest BCUT2D eigenvalue weighted by Gasteiger charge is 2.18. The van der Waals surface area contributed by atoms with Gasteiger partial charge in [0.15, 0.2) is 12.3 Å². The van der Waals surface area contributed by atoms with Crippen LogP contribution in [-0.2, 0) is 16.6 Å². The average Bonchev–Trinajstić information content (AvgIpc) is 2.70. The summed E-state index contributed by atoms with van der Waals surface area (Å²) in [6.45, 7) is -3.55. The molecule has 10 heteroatoms. The van der Waals surface area contributed by atoms with Crippen LogP contribution in [0.3, 0.4) is 0 Å². The number of nitrogens with one attached hydrogen (secondary N) is 1. The largest absolute Gasteiger partial charge is 0.451 e. The van der Waals surface area contributed by atoms with E-state index >= 15 is 0 Å². The van der Waals surface area contributed by atoms with Crippen LogP contribution in [0.4, 0.5) is 14.5 Å². The number of hydrogen-bond acceptors (Lipinski definition) is 6. The maximum Gasteiger partial charge on any atom is 0.387 e. The van der Waals surface area contributed by atoms with Crippen molar-refractivity contribution in [3.63, 3.8) is 0 Å². The Balaban J connectivity index is 1.65. The number of benzene rings is 2. The summed E-state index contributed by atoms with van der Waals surface area (Å²) >= 11 is 0. The molecule has 0 aliphatic rings. The van der Waals surface area contributed by atoms with Gasteiger partial charge in [-0.25, -0.2) is 9.48 Å². The number of rotatable bonds is 6. The monoisotopic (exact) mass is 403 g/mol. The van der Waals surface area contributed by atoms with E-state index in [-0.39, 0.29) is 17.0 Å². The van der Waals surface area contributed by atoms with Crippen LogP contribution < -0.4 is 15.6 Å². The summed E-state index contributed by atoms with van der Waals surface area (Å²) < 4.78 is 34.5. The van der Waals surface area contributed by atoms with Crippen molar-refractivity contribution < 1.29 is 27.8 Å². The topological polar surface area (TPSA) is 99.5 Å². The van der Waals surface area contributed by atoms with Crippen molar-refractivity contribution in [2.45, 2.75) is 6.61 Å². The molecule has 0 fully saturated rings. The Morgan fingerprint density at radius 2 is 1.76 bits per heavy atom. The van der Waals surface area contributed by atoms with Crippen molar-refractivity contribution in [2.75, 3.05) is 11.9 Å². The lowest BCUT2D eigenvalue weighted by Gasteiger charge is -2.09. The molecule has 0 saturated heterocycles. The molecule has 0 unspecified atom stereocenters. The molecule has 8 nitrogen and oxygen atoms in total. The Labute approximate surface area is 162 Å². The third-order valence-corrected chi connectivity index (χ3v) is 3.85. The zero-order valence-corrected chi connectivity index (χ0v) is 15.1. The second kappa shape index (κ2) is 8.46. The Morgan fingerprint density at radius 1 is 1.10 bits per heavy atom. The summed E-state index contributed by atoms with van der Waals surface area (Å²) in [6.07, 6.45) is 0. The van der Waals surface area contributed by atoms with E-state index in [1.807, 2.05) is 0 Å². The number of anilines is 1. The molecule has 29 heavy (non-hydrogen) atoms. The number of aromatic nitrogens is 2. The SMILES string of the molecule is Cn1nc(C(=O)OCC(=O)Nc2ccc(OC(F)F)cc2)c2ccccc2c1=O. The minimum absolute atomic E-state index is 0.0583. The molecule has 0 aliphatic heterocycles. The van der Waals surface area contributed by atoms with E-state index in [0.717, 1.165) is 4.68 Å². The molecule has 0 bridgehead atoms. The molecule has 3 aromatic rings. The number of esters is 1. The van der Waals surface area contributed by atoms with E-state index in [4.69, 9.17) is 4.74 Å². The van der Waals surface area contributed by atoms with Crippen molar-refractivity contribution in [1.29, 1.82) is 0 Å². The summed E-state index contributed by atoms with van der Waals surface area (Å²) in [5.41, 5.74) is -0.156. The second-order valence-corrected chi connectivity index (χ2v) is 5.85. The fourth-order valence-corrected chi connectivity index (χ4v) is 2.57. The average molecular weight is 403 g/mol. The van der Waals surface area contributed by atoms with Crippen LogP contribution in [0.2, 0.25) is 0 Å². The van der Waals surface area contributed by atoms with Crippen LogP contribution in [0.1, 0.15) is 10.5 Å². The van der Waals surface area contributed by atoms with Gasteiger partial charge in [-0.2, -0.15) is 13.9 Å². The smallest absolute Gasteiger partial charge is 0.387 e. The minimum Gasteiger partial charge on any atom is -0.451 e. The number of hydrogen-bond donors (Lipinski definition) is 1. The van der Waals surface area contributed by atoms with Gasteiger partial charge in [0.1, 0.15) is 5.75 Å². The Hall–Kier alpha value is -3.82. The molecule has 150 valence electrons. The van der Waals surface area contributed by atoms with Gasteiger partial charge >= 0.3 is 12.6 Å². The number of alkyl halides is 2. The Morgan fingerprint density at radius 3 is 2.41 bits per heavy atom. The molecule has 1 N–H and O–H groups in total. The van der Waals surface area contributed by atoms with Crippen molar-refractivity contribution in [1.82, 2.24) is 9.78 Å². The van der Waals surface area contributed by atoms with E-state index in [2.05, 4.69) is 15.2 Å². The normalized spacial score (nSPS) is 10.8. The summed E-state index contributed by atoms with van der Waals surface area (Å²) in [4.78, 5) is 36.4. The number of amides is 1. The quantitative estimate of drug-likeness (QED) is 0.635. The van der Waals surface area contributed by atoms with Gasteiger partial charge in [0, 0.05) is 18.1 Å². The van der Waals surface area contributed by atoms with E-state index in [9.17, 15) is 23.2 Å². The fourth-order valence-electron chi connectivity index (χ4n) is 2.57. The number of nitrogens with zero attached hydrogens (tertiary/aromatic N) is 2. The van der Waals surface area contributed by atoms with Gasteiger partial charge in [0.25, 0.3) is 11.5 Å². The van der Waals surface area contributed by atoms with Crippen LogP contribution in [-0.4, -0.2) is 34.9 Å². The lowest BCUT2D eigenvalue weighted by Crippen LogP contribution is -2.26. The van der Waals surface area contributed by atoms with Gasteiger partial charge in [-0.05, 0) is 30.3 Å². The third-order valence-electron chi connectivity index (χ3n) is 3.85. The molecule has 1 heterocycles. The standard InChI is InChI=1S/C19H15F2N3O5/c1-24-17(26)14-5-3-2-4-13(14)16(23-24)18(27)28-10-15(25)22-11-6-8-12(9-7-11)29-19(20)21/h2-9,19H,10H2,1H3,(H,22,25).